The number of hydrogen-bond donors (Lipinski definition) is 2. The molecule has 1 rings (SSSR count). The van der Waals surface area contributed by atoms with E-state index in [-0.39, 0.29) is 19.2 Å². The molecule has 6 nitrogen and oxygen atoms in total. The summed E-state index contributed by atoms with van der Waals surface area (Å²) < 4.78 is 5.19. The van der Waals surface area contributed by atoms with E-state index in [0.29, 0.717) is 13.1 Å². The van der Waals surface area contributed by atoms with Crippen LogP contribution in [0.4, 0.5) is 4.79 Å². The third-order valence-corrected chi connectivity index (χ3v) is 3.13. The van der Waals surface area contributed by atoms with Crippen molar-refractivity contribution in [3.05, 3.63) is 11.6 Å². The summed E-state index contributed by atoms with van der Waals surface area (Å²) in [5, 5.41) is 11.9. The van der Waals surface area contributed by atoms with Crippen molar-refractivity contribution in [2.24, 2.45) is 5.92 Å². The summed E-state index contributed by atoms with van der Waals surface area (Å²) in [6.07, 6.45) is 1.91. The molecule has 2 atom stereocenters. The van der Waals surface area contributed by atoms with Gasteiger partial charge in [0.2, 0.25) is 0 Å². The molecule has 0 spiro atoms. The highest BCUT2D eigenvalue weighted by atomic mass is 16.5. The SMILES string of the molecule is CCN(C(=O)NCC=C(C)C)C1COCC1C(=O)O. The van der Waals surface area contributed by atoms with Gasteiger partial charge in [-0.1, -0.05) is 11.6 Å². The molecule has 6 heteroatoms. The van der Waals surface area contributed by atoms with Crippen LogP contribution in [0.15, 0.2) is 11.6 Å². The van der Waals surface area contributed by atoms with Crippen molar-refractivity contribution in [3.8, 4) is 0 Å². The van der Waals surface area contributed by atoms with Crippen LogP contribution >= 0.6 is 0 Å². The van der Waals surface area contributed by atoms with Gasteiger partial charge in [0.1, 0.15) is 5.92 Å². The molecule has 1 heterocycles. The summed E-state index contributed by atoms with van der Waals surface area (Å²) in [6.45, 7) is 7.09. The van der Waals surface area contributed by atoms with E-state index in [1.165, 1.54) is 4.90 Å². The topological polar surface area (TPSA) is 78.9 Å². The number of hydrogen-bond acceptors (Lipinski definition) is 3. The molecule has 1 saturated heterocycles. The lowest BCUT2D eigenvalue weighted by molar-refractivity contribution is -0.142. The number of ether oxygens (including phenoxy) is 1. The Kier molecular flexibility index (Phi) is 5.82. The van der Waals surface area contributed by atoms with Crippen LogP contribution in [-0.2, 0) is 9.53 Å². The van der Waals surface area contributed by atoms with Crippen molar-refractivity contribution in [3.63, 3.8) is 0 Å². The first-order valence-corrected chi connectivity index (χ1v) is 6.45. The van der Waals surface area contributed by atoms with Crippen LogP contribution in [0.1, 0.15) is 20.8 Å². The van der Waals surface area contributed by atoms with Crippen LogP contribution in [-0.4, -0.2) is 54.4 Å². The van der Waals surface area contributed by atoms with Gasteiger partial charge in [-0.15, -0.1) is 0 Å². The Labute approximate surface area is 113 Å². The van der Waals surface area contributed by atoms with Gasteiger partial charge in [0, 0.05) is 13.1 Å². The van der Waals surface area contributed by atoms with Crippen molar-refractivity contribution in [2.45, 2.75) is 26.8 Å². The van der Waals surface area contributed by atoms with E-state index in [0.717, 1.165) is 5.57 Å². The number of allylic oxidation sites excluding steroid dienone is 1. The Morgan fingerprint density at radius 1 is 1.42 bits per heavy atom. The molecule has 0 aromatic rings. The second kappa shape index (κ2) is 7.13. The molecular weight excluding hydrogens is 248 g/mol. The molecule has 0 radical (unpaired) electrons. The molecule has 0 aliphatic carbocycles. The minimum Gasteiger partial charge on any atom is -0.481 e. The summed E-state index contributed by atoms with van der Waals surface area (Å²) in [5.41, 5.74) is 1.12. The summed E-state index contributed by atoms with van der Waals surface area (Å²) in [7, 11) is 0. The first kappa shape index (κ1) is 15.5. The van der Waals surface area contributed by atoms with E-state index in [2.05, 4.69) is 5.32 Å². The number of nitrogens with one attached hydrogen (secondary N) is 1. The van der Waals surface area contributed by atoms with Gasteiger partial charge in [-0.3, -0.25) is 4.79 Å². The molecule has 2 N–H and O–H groups in total. The number of carbonyl (C=O) groups excluding carboxylic acids is 1. The van der Waals surface area contributed by atoms with Crippen LogP contribution in [0.5, 0.6) is 0 Å². The number of nitrogens with zero attached hydrogens (tertiary/aromatic N) is 1. The highest BCUT2D eigenvalue weighted by molar-refractivity contribution is 5.77. The van der Waals surface area contributed by atoms with E-state index >= 15 is 0 Å². The standard InChI is InChI=1S/C13H22N2O4/c1-4-15(13(18)14-6-5-9(2)3)11-8-19-7-10(11)12(16)17/h5,10-11H,4,6-8H2,1-3H3,(H,14,18)(H,16,17). The molecule has 0 saturated carbocycles. The van der Waals surface area contributed by atoms with Crippen LogP contribution < -0.4 is 5.32 Å². The monoisotopic (exact) mass is 270 g/mol. The number of rotatable bonds is 5. The number of likely N-dealkylation sites (N-methyl/N-ethyl adjacent to an activating group) is 1. The van der Waals surface area contributed by atoms with Gasteiger partial charge in [-0.05, 0) is 20.8 Å². The average Bonchev–Trinajstić information content (AvgIpc) is 2.78. The zero-order valence-corrected chi connectivity index (χ0v) is 11.7. The number of carboxylic acids is 1. The number of amides is 2. The van der Waals surface area contributed by atoms with E-state index in [4.69, 9.17) is 9.84 Å². The van der Waals surface area contributed by atoms with Crippen LogP contribution in [0.25, 0.3) is 0 Å². The Balaban J connectivity index is 2.63. The minimum atomic E-state index is -0.918. The molecule has 19 heavy (non-hydrogen) atoms. The predicted molar refractivity (Wildman–Crippen MR) is 70.9 cm³/mol. The third kappa shape index (κ3) is 4.24. The summed E-state index contributed by atoms with van der Waals surface area (Å²) in [5.74, 6) is -1.56. The number of carboxylic acid groups (broad SMARTS) is 1. The van der Waals surface area contributed by atoms with Gasteiger partial charge in [0.25, 0.3) is 0 Å². The van der Waals surface area contributed by atoms with Gasteiger partial charge in [0.15, 0.2) is 0 Å². The van der Waals surface area contributed by atoms with E-state index in [9.17, 15) is 9.59 Å². The van der Waals surface area contributed by atoms with Crippen LogP contribution in [0, 0.1) is 5.92 Å². The maximum absolute atomic E-state index is 12.0. The molecule has 0 aromatic heterocycles. The fourth-order valence-corrected chi connectivity index (χ4v) is 2.06. The fourth-order valence-electron chi connectivity index (χ4n) is 2.06. The van der Waals surface area contributed by atoms with Crippen molar-refractivity contribution in [1.82, 2.24) is 10.2 Å². The maximum Gasteiger partial charge on any atom is 0.317 e. The van der Waals surface area contributed by atoms with Gasteiger partial charge in [-0.25, -0.2) is 4.79 Å². The zero-order chi connectivity index (χ0) is 14.4. The highest BCUT2D eigenvalue weighted by Crippen LogP contribution is 2.20. The van der Waals surface area contributed by atoms with E-state index in [1.807, 2.05) is 26.8 Å². The first-order valence-electron chi connectivity index (χ1n) is 6.45. The number of carbonyl (C=O) groups is 2. The maximum atomic E-state index is 12.0. The molecule has 0 aromatic carbocycles. The summed E-state index contributed by atoms with van der Waals surface area (Å²) in [4.78, 5) is 24.7. The molecule has 1 aliphatic heterocycles. The Bertz CT molecular complexity index is 364. The lowest BCUT2D eigenvalue weighted by atomic mass is 10.0. The second-order valence-corrected chi connectivity index (χ2v) is 4.80. The van der Waals surface area contributed by atoms with Crippen molar-refractivity contribution < 1.29 is 19.4 Å². The smallest absolute Gasteiger partial charge is 0.317 e. The second-order valence-electron chi connectivity index (χ2n) is 4.80. The molecular formula is C13H22N2O4. The van der Waals surface area contributed by atoms with Crippen LogP contribution in [0.3, 0.4) is 0 Å². The lowest BCUT2D eigenvalue weighted by Gasteiger charge is -2.29. The molecule has 2 amide bonds. The fraction of sp³-hybridized carbons (Fsp3) is 0.692. The number of urea groups is 1. The Hall–Kier alpha value is -1.56. The summed E-state index contributed by atoms with van der Waals surface area (Å²) in [6, 6.07) is -0.643. The molecule has 108 valence electrons. The third-order valence-electron chi connectivity index (χ3n) is 3.13. The Morgan fingerprint density at radius 2 is 2.11 bits per heavy atom. The normalized spacial score (nSPS) is 21.8. The molecule has 0 bridgehead atoms. The largest absolute Gasteiger partial charge is 0.481 e. The summed E-state index contributed by atoms with van der Waals surface area (Å²) >= 11 is 0. The number of aliphatic carboxylic acids is 1. The van der Waals surface area contributed by atoms with Gasteiger partial charge >= 0.3 is 12.0 Å². The van der Waals surface area contributed by atoms with E-state index in [1.54, 1.807) is 0 Å². The zero-order valence-electron chi connectivity index (χ0n) is 11.7. The highest BCUT2D eigenvalue weighted by Gasteiger charge is 2.39. The van der Waals surface area contributed by atoms with Crippen molar-refractivity contribution in [2.75, 3.05) is 26.3 Å². The quantitative estimate of drug-likeness (QED) is 0.733. The molecule has 1 aliphatic rings. The first-order chi connectivity index (χ1) is 8.97. The van der Waals surface area contributed by atoms with Gasteiger partial charge < -0.3 is 20.1 Å². The molecule has 1 fully saturated rings. The van der Waals surface area contributed by atoms with Gasteiger partial charge in [0.05, 0.1) is 19.3 Å². The lowest BCUT2D eigenvalue weighted by Crippen LogP contribution is -2.50. The molecule has 2 unspecified atom stereocenters. The Morgan fingerprint density at radius 3 is 2.63 bits per heavy atom. The minimum absolute atomic E-state index is 0.164. The van der Waals surface area contributed by atoms with Crippen molar-refractivity contribution >= 4 is 12.0 Å². The average molecular weight is 270 g/mol. The van der Waals surface area contributed by atoms with E-state index < -0.39 is 17.9 Å². The van der Waals surface area contributed by atoms with Crippen LogP contribution in [0.2, 0.25) is 0 Å². The predicted octanol–water partition coefficient (Wildman–Crippen LogP) is 1.08. The van der Waals surface area contributed by atoms with Gasteiger partial charge in [-0.2, -0.15) is 0 Å². The van der Waals surface area contributed by atoms with Crippen molar-refractivity contribution in [1.29, 1.82) is 0 Å².